The molecule has 5 heteroatoms. The smallest absolute Gasteiger partial charge is 0.223 e. The van der Waals surface area contributed by atoms with Crippen LogP contribution in [0, 0.1) is 0 Å². The third-order valence-electron chi connectivity index (χ3n) is 4.26. The van der Waals surface area contributed by atoms with Crippen molar-refractivity contribution in [1.82, 2.24) is 5.32 Å². The highest BCUT2D eigenvalue weighted by molar-refractivity contribution is 5.84. The van der Waals surface area contributed by atoms with Crippen molar-refractivity contribution < 1.29 is 19.0 Å². The number of hydrogen-bond donors (Lipinski definition) is 1. The summed E-state index contributed by atoms with van der Waals surface area (Å²) in [5.74, 6) is 2.07. The minimum Gasteiger partial charge on any atom is -0.497 e. The predicted molar refractivity (Wildman–Crippen MR) is 105 cm³/mol. The number of benzene rings is 3. The second-order valence-electron chi connectivity index (χ2n) is 6.07. The van der Waals surface area contributed by atoms with Gasteiger partial charge in [-0.2, -0.15) is 0 Å². The van der Waals surface area contributed by atoms with Crippen molar-refractivity contribution in [3.8, 4) is 17.2 Å². The van der Waals surface area contributed by atoms with E-state index in [1.807, 2.05) is 54.6 Å². The van der Waals surface area contributed by atoms with E-state index in [-0.39, 0.29) is 12.3 Å². The molecule has 0 heterocycles. The van der Waals surface area contributed by atoms with Gasteiger partial charge in [0.25, 0.3) is 0 Å². The Hall–Kier alpha value is -3.21. The van der Waals surface area contributed by atoms with Crippen LogP contribution in [0.25, 0.3) is 10.8 Å². The number of carbonyl (C=O) groups excluding carboxylic acids is 1. The van der Waals surface area contributed by atoms with Crippen LogP contribution >= 0.6 is 0 Å². The zero-order chi connectivity index (χ0) is 19.1. The second-order valence-corrected chi connectivity index (χ2v) is 6.07. The lowest BCUT2D eigenvalue weighted by Gasteiger charge is -2.10. The summed E-state index contributed by atoms with van der Waals surface area (Å²) in [6.07, 6.45) is 0.281. The van der Waals surface area contributed by atoms with Gasteiger partial charge in [-0.15, -0.1) is 0 Å². The summed E-state index contributed by atoms with van der Waals surface area (Å²) in [6, 6.07) is 19.4. The summed E-state index contributed by atoms with van der Waals surface area (Å²) >= 11 is 0. The first-order valence-corrected chi connectivity index (χ1v) is 8.79. The fraction of sp³-hybridized carbons (Fsp3) is 0.227. The van der Waals surface area contributed by atoms with Crippen LogP contribution in [0.15, 0.2) is 60.7 Å². The number of fused-ring (bicyclic) bond motifs is 1. The van der Waals surface area contributed by atoms with E-state index in [0.29, 0.717) is 24.7 Å². The molecule has 0 spiro atoms. The Bertz CT molecular complexity index is 923. The number of ether oxygens (including phenoxy) is 3. The van der Waals surface area contributed by atoms with Gasteiger partial charge in [-0.1, -0.05) is 30.3 Å². The van der Waals surface area contributed by atoms with Gasteiger partial charge in [0.15, 0.2) is 11.5 Å². The quantitative estimate of drug-likeness (QED) is 0.657. The van der Waals surface area contributed by atoms with Gasteiger partial charge in [0, 0.05) is 6.54 Å². The zero-order valence-electron chi connectivity index (χ0n) is 15.5. The summed E-state index contributed by atoms with van der Waals surface area (Å²) in [4.78, 5) is 12.1. The normalized spacial score (nSPS) is 10.4. The van der Waals surface area contributed by atoms with E-state index in [2.05, 4.69) is 11.4 Å². The largest absolute Gasteiger partial charge is 0.497 e. The standard InChI is InChI=1S/C22H23NO4/c1-25-19-10-9-17-13-16(7-8-18(17)14-19)15-23-22(24)11-12-27-21-6-4-3-5-20(21)26-2/h3-10,13-14H,11-12,15H2,1-2H3,(H,23,24). The second kappa shape index (κ2) is 8.94. The predicted octanol–water partition coefficient (Wildman–Crippen LogP) is 3.94. The monoisotopic (exact) mass is 365 g/mol. The van der Waals surface area contributed by atoms with Crippen LogP contribution in [0.1, 0.15) is 12.0 Å². The van der Waals surface area contributed by atoms with Gasteiger partial charge in [0.1, 0.15) is 5.75 Å². The summed E-state index contributed by atoms with van der Waals surface area (Å²) < 4.78 is 16.1. The van der Waals surface area contributed by atoms with E-state index in [1.54, 1.807) is 14.2 Å². The molecule has 1 amide bonds. The Labute approximate surface area is 158 Å². The maximum Gasteiger partial charge on any atom is 0.223 e. The summed E-state index contributed by atoms with van der Waals surface area (Å²) in [7, 11) is 3.25. The van der Waals surface area contributed by atoms with Crippen molar-refractivity contribution in [1.29, 1.82) is 0 Å². The minimum atomic E-state index is -0.0558. The Morgan fingerprint density at radius 2 is 1.63 bits per heavy atom. The molecule has 1 N–H and O–H groups in total. The van der Waals surface area contributed by atoms with Crippen LogP contribution in [-0.4, -0.2) is 26.7 Å². The maximum absolute atomic E-state index is 12.1. The Balaban J connectivity index is 1.49. The molecule has 3 aromatic carbocycles. The molecule has 3 rings (SSSR count). The molecule has 0 saturated heterocycles. The van der Waals surface area contributed by atoms with E-state index in [1.165, 1.54) is 0 Å². The van der Waals surface area contributed by atoms with Gasteiger partial charge < -0.3 is 19.5 Å². The summed E-state index contributed by atoms with van der Waals surface area (Å²) in [5, 5.41) is 5.15. The lowest BCUT2D eigenvalue weighted by Crippen LogP contribution is -2.24. The van der Waals surface area contributed by atoms with Crippen molar-refractivity contribution >= 4 is 16.7 Å². The molecule has 5 nitrogen and oxygen atoms in total. The number of hydrogen-bond acceptors (Lipinski definition) is 4. The molecule has 27 heavy (non-hydrogen) atoms. The molecule has 0 aliphatic heterocycles. The van der Waals surface area contributed by atoms with Gasteiger partial charge >= 0.3 is 0 Å². The van der Waals surface area contributed by atoms with E-state index in [9.17, 15) is 4.79 Å². The number of methoxy groups -OCH3 is 2. The van der Waals surface area contributed by atoms with Gasteiger partial charge in [0.2, 0.25) is 5.91 Å². The molecule has 0 aromatic heterocycles. The van der Waals surface area contributed by atoms with Crippen LogP contribution in [0.4, 0.5) is 0 Å². The third-order valence-corrected chi connectivity index (χ3v) is 4.26. The first-order chi connectivity index (χ1) is 13.2. The summed E-state index contributed by atoms with van der Waals surface area (Å²) in [5.41, 5.74) is 1.05. The lowest BCUT2D eigenvalue weighted by atomic mass is 10.1. The van der Waals surface area contributed by atoms with Crippen LogP contribution in [0.5, 0.6) is 17.2 Å². The first kappa shape index (κ1) is 18.6. The zero-order valence-corrected chi connectivity index (χ0v) is 15.5. The molecule has 0 bridgehead atoms. The van der Waals surface area contributed by atoms with Gasteiger partial charge in [0.05, 0.1) is 27.2 Å². The van der Waals surface area contributed by atoms with Gasteiger partial charge in [-0.3, -0.25) is 4.79 Å². The fourth-order valence-electron chi connectivity index (χ4n) is 2.79. The summed E-state index contributed by atoms with van der Waals surface area (Å²) in [6.45, 7) is 0.777. The molecule has 0 radical (unpaired) electrons. The third kappa shape index (κ3) is 4.91. The average molecular weight is 365 g/mol. The highest BCUT2D eigenvalue weighted by atomic mass is 16.5. The topological polar surface area (TPSA) is 56.8 Å². The SMILES string of the molecule is COc1ccc2cc(CNC(=O)CCOc3ccccc3OC)ccc2c1. The van der Waals surface area contributed by atoms with E-state index in [0.717, 1.165) is 22.1 Å². The highest BCUT2D eigenvalue weighted by Crippen LogP contribution is 2.25. The van der Waals surface area contributed by atoms with Gasteiger partial charge in [-0.05, 0) is 46.7 Å². The van der Waals surface area contributed by atoms with Crippen LogP contribution in [0.2, 0.25) is 0 Å². The minimum absolute atomic E-state index is 0.0558. The molecule has 0 aliphatic carbocycles. The van der Waals surface area contributed by atoms with Crippen LogP contribution in [-0.2, 0) is 11.3 Å². The molecule has 0 fully saturated rings. The van der Waals surface area contributed by atoms with E-state index < -0.39 is 0 Å². The molecule has 3 aromatic rings. The van der Waals surface area contributed by atoms with Crippen molar-refractivity contribution in [3.63, 3.8) is 0 Å². The highest BCUT2D eigenvalue weighted by Gasteiger charge is 2.06. The molecule has 140 valence electrons. The maximum atomic E-state index is 12.1. The van der Waals surface area contributed by atoms with Crippen LogP contribution < -0.4 is 19.5 Å². The Morgan fingerprint density at radius 3 is 2.41 bits per heavy atom. The fourth-order valence-corrected chi connectivity index (χ4v) is 2.79. The number of rotatable bonds is 8. The molecular formula is C22H23NO4. The van der Waals surface area contributed by atoms with Crippen molar-refractivity contribution in [2.45, 2.75) is 13.0 Å². The van der Waals surface area contributed by atoms with Crippen molar-refractivity contribution in [2.24, 2.45) is 0 Å². The molecular weight excluding hydrogens is 342 g/mol. The number of nitrogens with one attached hydrogen (secondary N) is 1. The Kier molecular flexibility index (Phi) is 6.15. The van der Waals surface area contributed by atoms with Crippen LogP contribution in [0.3, 0.4) is 0 Å². The van der Waals surface area contributed by atoms with Gasteiger partial charge in [-0.25, -0.2) is 0 Å². The number of carbonyl (C=O) groups is 1. The van der Waals surface area contributed by atoms with Crippen molar-refractivity contribution in [2.75, 3.05) is 20.8 Å². The number of amides is 1. The lowest BCUT2D eigenvalue weighted by molar-refractivity contribution is -0.121. The van der Waals surface area contributed by atoms with Crippen molar-refractivity contribution in [3.05, 3.63) is 66.2 Å². The molecule has 0 atom stereocenters. The first-order valence-electron chi connectivity index (χ1n) is 8.79. The molecule has 0 saturated carbocycles. The molecule has 0 unspecified atom stereocenters. The van der Waals surface area contributed by atoms with E-state index in [4.69, 9.17) is 14.2 Å². The van der Waals surface area contributed by atoms with E-state index >= 15 is 0 Å². The number of para-hydroxylation sites is 2. The average Bonchev–Trinajstić information content (AvgIpc) is 2.72. The molecule has 0 aliphatic rings. The Morgan fingerprint density at radius 1 is 0.889 bits per heavy atom.